The summed E-state index contributed by atoms with van der Waals surface area (Å²) in [5.74, 6) is 0.265. The maximum atomic E-state index is 15.0. The number of ether oxygens (including phenoxy) is 3. The molecule has 1 aliphatic rings. The SMILES string of the molecule is CCCOC(=O)O[C@@H]1C(F)[C@H](n2cc(I)c3c(N)ncnc32)O[C@@H]1CO. The topological polar surface area (TPSA) is 122 Å². The van der Waals surface area contributed by atoms with Gasteiger partial charge in [0.2, 0.25) is 0 Å². The Kier molecular flexibility index (Phi) is 5.77. The zero-order valence-corrected chi connectivity index (χ0v) is 16.0. The molecule has 0 radical (unpaired) electrons. The number of nitrogens with two attached hydrogens (primary N) is 1. The molecule has 2 aromatic rings. The van der Waals surface area contributed by atoms with Crippen LogP contribution in [-0.4, -0.2) is 57.4 Å². The molecule has 26 heavy (non-hydrogen) atoms. The second-order valence-corrected chi connectivity index (χ2v) is 6.88. The lowest BCUT2D eigenvalue weighted by Crippen LogP contribution is -2.36. The quantitative estimate of drug-likeness (QED) is 0.491. The molecule has 1 unspecified atom stereocenters. The molecule has 3 rings (SSSR count). The lowest BCUT2D eigenvalue weighted by atomic mass is 10.1. The number of hydrogen-bond acceptors (Lipinski definition) is 8. The van der Waals surface area contributed by atoms with Gasteiger partial charge in [-0.1, -0.05) is 6.92 Å². The fourth-order valence-corrected chi connectivity index (χ4v) is 3.61. The van der Waals surface area contributed by atoms with E-state index in [2.05, 4.69) is 9.97 Å². The largest absolute Gasteiger partial charge is 0.508 e. The van der Waals surface area contributed by atoms with Crippen LogP contribution in [0.5, 0.6) is 0 Å². The average Bonchev–Trinajstić information content (AvgIpc) is 3.11. The molecular weight excluding hydrogens is 462 g/mol. The molecule has 0 amide bonds. The third-order valence-corrected chi connectivity index (χ3v) is 4.79. The van der Waals surface area contributed by atoms with E-state index in [4.69, 9.17) is 19.9 Å². The third kappa shape index (κ3) is 3.42. The number of anilines is 1. The van der Waals surface area contributed by atoms with Crippen molar-refractivity contribution in [2.24, 2.45) is 0 Å². The van der Waals surface area contributed by atoms with Crippen molar-refractivity contribution < 1.29 is 28.5 Å². The van der Waals surface area contributed by atoms with Gasteiger partial charge in [-0.05, 0) is 29.0 Å². The Hall–Kier alpha value is -1.73. The molecule has 0 aliphatic carbocycles. The van der Waals surface area contributed by atoms with Crippen LogP contribution in [0.25, 0.3) is 11.0 Å². The number of hydrogen-bond donors (Lipinski definition) is 2. The van der Waals surface area contributed by atoms with Gasteiger partial charge in [-0.25, -0.2) is 19.2 Å². The lowest BCUT2D eigenvalue weighted by molar-refractivity contribution is -0.0556. The predicted molar refractivity (Wildman–Crippen MR) is 97.1 cm³/mol. The van der Waals surface area contributed by atoms with E-state index in [0.717, 1.165) is 3.57 Å². The van der Waals surface area contributed by atoms with Gasteiger partial charge in [0.25, 0.3) is 0 Å². The average molecular weight is 480 g/mol. The van der Waals surface area contributed by atoms with E-state index in [0.29, 0.717) is 17.5 Å². The van der Waals surface area contributed by atoms with Gasteiger partial charge in [-0.3, -0.25) is 0 Å². The summed E-state index contributed by atoms with van der Waals surface area (Å²) in [6, 6.07) is 0. The van der Waals surface area contributed by atoms with E-state index in [1.54, 1.807) is 6.20 Å². The number of carbonyl (C=O) groups excluding carboxylic acids is 1. The van der Waals surface area contributed by atoms with Gasteiger partial charge in [-0.2, -0.15) is 0 Å². The first-order chi connectivity index (χ1) is 12.5. The van der Waals surface area contributed by atoms with Crippen LogP contribution in [-0.2, 0) is 14.2 Å². The first kappa shape index (κ1) is 19.0. The molecule has 1 fully saturated rings. The number of aromatic nitrogens is 3. The summed E-state index contributed by atoms with van der Waals surface area (Å²) in [5.41, 5.74) is 6.26. The number of fused-ring (bicyclic) bond motifs is 1. The molecule has 4 atom stereocenters. The van der Waals surface area contributed by atoms with E-state index in [1.165, 1.54) is 10.9 Å². The van der Waals surface area contributed by atoms with Crippen molar-refractivity contribution in [3.05, 3.63) is 16.1 Å². The molecule has 0 saturated carbocycles. The van der Waals surface area contributed by atoms with Crippen molar-refractivity contribution >= 4 is 45.6 Å². The van der Waals surface area contributed by atoms with E-state index in [-0.39, 0.29) is 12.4 Å². The summed E-state index contributed by atoms with van der Waals surface area (Å²) in [4.78, 5) is 19.7. The fourth-order valence-electron chi connectivity index (χ4n) is 2.79. The highest BCUT2D eigenvalue weighted by Crippen LogP contribution is 2.37. The highest BCUT2D eigenvalue weighted by atomic mass is 127. The van der Waals surface area contributed by atoms with Gasteiger partial charge in [0.15, 0.2) is 18.5 Å². The summed E-state index contributed by atoms with van der Waals surface area (Å²) in [6.07, 6.45) is -2.70. The van der Waals surface area contributed by atoms with Crippen LogP contribution in [0, 0.1) is 3.57 Å². The molecule has 3 heterocycles. The minimum atomic E-state index is -1.73. The summed E-state index contributed by atoms with van der Waals surface area (Å²) >= 11 is 2.04. The number of rotatable bonds is 5. The summed E-state index contributed by atoms with van der Waals surface area (Å²) in [5, 5.41) is 10.1. The minimum Gasteiger partial charge on any atom is -0.434 e. The zero-order chi connectivity index (χ0) is 18.8. The Balaban J connectivity index is 1.88. The molecule has 1 aliphatic heterocycles. The molecular formula is C15H18FIN4O5. The van der Waals surface area contributed by atoms with E-state index >= 15 is 4.39 Å². The van der Waals surface area contributed by atoms with Crippen LogP contribution in [0.15, 0.2) is 12.5 Å². The van der Waals surface area contributed by atoms with Crippen LogP contribution in [0.3, 0.4) is 0 Å². The molecule has 2 aromatic heterocycles. The highest BCUT2D eigenvalue weighted by Gasteiger charge is 2.49. The molecule has 0 bridgehead atoms. The highest BCUT2D eigenvalue weighted by molar-refractivity contribution is 14.1. The Morgan fingerprint density at radius 3 is 3.00 bits per heavy atom. The monoisotopic (exact) mass is 480 g/mol. The third-order valence-electron chi connectivity index (χ3n) is 3.97. The number of halogens is 2. The number of alkyl halides is 1. The first-order valence-corrected chi connectivity index (χ1v) is 9.06. The van der Waals surface area contributed by atoms with Crippen molar-refractivity contribution in [3.63, 3.8) is 0 Å². The molecule has 1 saturated heterocycles. The summed E-state index contributed by atoms with van der Waals surface area (Å²) in [7, 11) is 0. The van der Waals surface area contributed by atoms with E-state index in [9.17, 15) is 9.90 Å². The van der Waals surface area contributed by atoms with Gasteiger partial charge in [0, 0.05) is 9.77 Å². The van der Waals surface area contributed by atoms with Crippen molar-refractivity contribution in [1.29, 1.82) is 0 Å². The van der Waals surface area contributed by atoms with Crippen molar-refractivity contribution in [1.82, 2.24) is 14.5 Å². The molecule has 11 heteroatoms. The van der Waals surface area contributed by atoms with Crippen LogP contribution < -0.4 is 5.73 Å². The number of aliphatic hydroxyl groups is 1. The summed E-state index contributed by atoms with van der Waals surface area (Å²) in [6.45, 7) is 1.46. The Labute approximate surface area is 161 Å². The fraction of sp³-hybridized carbons (Fsp3) is 0.533. The normalized spacial score (nSPS) is 25.5. The van der Waals surface area contributed by atoms with Crippen LogP contribution in [0.1, 0.15) is 19.6 Å². The molecule has 142 valence electrons. The number of carbonyl (C=O) groups is 1. The minimum absolute atomic E-state index is 0.160. The van der Waals surface area contributed by atoms with Gasteiger partial charge >= 0.3 is 6.16 Å². The van der Waals surface area contributed by atoms with Gasteiger partial charge < -0.3 is 29.6 Å². The Morgan fingerprint density at radius 1 is 1.54 bits per heavy atom. The van der Waals surface area contributed by atoms with Crippen molar-refractivity contribution in [3.8, 4) is 0 Å². The second kappa shape index (κ2) is 7.88. The number of nitrogen functional groups attached to an aromatic ring is 1. The number of nitrogens with zero attached hydrogens (tertiary/aromatic N) is 3. The molecule has 0 aromatic carbocycles. The van der Waals surface area contributed by atoms with E-state index in [1.807, 2.05) is 29.5 Å². The van der Waals surface area contributed by atoms with Gasteiger partial charge in [-0.15, -0.1) is 0 Å². The molecule has 0 spiro atoms. The first-order valence-electron chi connectivity index (χ1n) is 7.98. The lowest BCUT2D eigenvalue weighted by Gasteiger charge is -2.18. The smallest absolute Gasteiger partial charge is 0.434 e. The Morgan fingerprint density at radius 2 is 2.31 bits per heavy atom. The predicted octanol–water partition coefficient (Wildman–Crippen LogP) is 1.78. The van der Waals surface area contributed by atoms with Crippen molar-refractivity contribution in [2.75, 3.05) is 18.9 Å². The van der Waals surface area contributed by atoms with Gasteiger partial charge in [0.1, 0.15) is 23.9 Å². The standard InChI is InChI=1S/C15H18FIN4O5/c1-2-3-24-15(23)26-11-8(5-22)25-14(10(11)16)21-4-7(17)9-12(18)19-6-20-13(9)21/h4,6,8,10-11,14,22H,2-3,5H2,1H3,(H2,18,19,20)/t8-,10?,11+,14-/m1/s1. The zero-order valence-electron chi connectivity index (χ0n) is 13.8. The molecule has 9 nitrogen and oxygen atoms in total. The maximum absolute atomic E-state index is 15.0. The number of aliphatic hydroxyl groups excluding tert-OH is 1. The van der Waals surface area contributed by atoms with Crippen LogP contribution in [0.4, 0.5) is 15.0 Å². The van der Waals surface area contributed by atoms with Gasteiger partial charge in [0.05, 0.1) is 18.6 Å². The molecule has 3 N–H and O–H groups in total. The van der Waals surface area contributed by atoms with Crippen LogP contribution >= 0.6 is 22.6 Å². The van der Waals surface area contributed by atoms with Crippen LogP contribution in [0.2, 0.25) is 0 Å². The maximum Gasteiger partial charge on any atom is 0.508 e. The Bertz CT molecular complexity index is 804. The summed E-state index contributed by atoms with van der Waals surface area (Å²) < 4.78 is 32.6. The second-order valence-electron chi connectivity index (χ2n) is 5.71. The van der Waals surface area contributed by atoms with Crippen molar-refractivity contribution in [2.45, 2.75) is 38.0 Å². The van der Waals surface area contributed by atoms with E-state index < -0.39 is 37.4 Å².